The molecule has 0 amide bonds. The van der Waals surface area contributed by atoms with Gasteiger partial charge in [0.25, 0.3) is 0 Å². The zero-order chi connectivity index (χ0) is 9.90. The van der Waals surface area contributed by atoms with E-state index in [4.69, 9.17) is 0 Å². The Morgan fingerprint density at radius 2 is 2.15 bits per heavy atom. The molecule has 0 fully saturated rings. The lowest BCUT2D eigenvalue weighted by molar-refractivity contribution is 0.346. The highest BCUT2D eigenvalue weighted by atomic mass is 16.1. The Hall–Kier alpha value is -1.12. The van der Waals surface area contributed by atoms with Gasteiger partial charge in [-0.15, -0.1) is 0 Å². The van der Waals surface area contributed by atoms with Gasteiger partial charge in [-0.05, 0) is 17.9 Å². The van der Waals surface area contributed by atoms with E-state index in [0.29, 0.717) is 0 Å². The van der Waals surface area contributed by atoms with E-state index in [2.05, 4.69) is 25.8 Å². The van der Waals surface area contributed by atoms with Gasteiger partial charge in [0.1, 0.15) is 0 Å². The second-order valence-electron chi connectivity index (χ2n) is 4.41. The van der Waals surface area contributed by atoms with Crippen molar-refractivity contribution < 1.29 is 0 Å². The molecule has 1 aromatic rings. The van der Waals surface area contributed by atoms with Crippen molar-refractivity contribution in [1.29, 1.82) is 0 Å². The van der Waals surface area contributed by atoms with Gasteiger partial charge in [-0.2, -0.15) is 0 Å². The number of rotatable bonds is 2. The molecule has 0 spiro atoms. The second kappa shape index (κ2) is 3.73. The molecule has 0 aliphatic heterocycles. The predicted octanol–water partition coefficient (Wildman–Crippen LogP) is 1.68. The van der Waals surface area contributed by atoms with E-state index in [1.165, 1.54) is 6.20 Å². The minimum Gasteiger partial charge on any atom is -0.299 e. The summed E-state index contributed by atoms with van der Waals surface area (Å²) < 4.78 is 1.64. The maximum atomic E-state index is 11.2. The second-order valence-corrected chi connectivity index (χ2v) is 4.41. The summed E-state index contributed by atoms with van der Waals surface area (Å²) in [7, 11) is 0. The van der Waals surface area contributed by atoms with E-state index in [1.54, 1.807) is 16.8 Å². The molecule has 72 valence electrons. The highest BCUT2D eigenvalue weighted by Gasteiger charge is 2.09. The SMILES string of the molecule is CC(C)(C)CCn1cccnc1=O. The quantitative estimate of drug-likeness (QED) is 0.694. The van der Waals surface area contributed by atoms with E-state index in [9.17, 15) is 4.79 Å². The number of hydrogen-bond acceptors (Lipinski definition) is 2. The summed E-state index contributed by atoms with van der Waals surface area (Å²) in [6, 6.07) is 1.78. The monoisotopic (exact) mass is 180 g/mol. The van der Waals surface area contributed by atoms with Crippen LogP contribution in [0.4, 0.5) is 0 Å². The van der Waals surface area contributed by atoms with Gasteiger partial charge in [0, 0.05) is 18.9 Å². The Morgan fingerprint density at radius 1 is 1.46 bits per heavy atom. The van der Waals surface area contributed by atoms with Crippen molar-refractivity contribution in [2.75, 3.05) is 0 Å². The summed E-state index contributed by atoms with van der Waals surface area (Å²) in [5.74, 6) is 0. The van der Waals surface area contributed by atoms with Gasteiger partial charge in [-0.3, -0.25) is 4.57 Å². The van der Waals surface area contributed by atoms with Crippen LogP contribution in [0.25, 0.3) is 0 Å². The van der Waals surface area contributed by atoms with E-state index in [-0.39, 0.29) is 11.1 Å². The van der Waals surface area contributed by atoms with Gasteiger partial charge in [0.15, 0.2) is 0 Å². The Bertz CT molecular complexity index is 322. The molecule has 0 N–H and O–H groups in total. The summed E-state index contributed by atoms with van der Waals surface area (Å²) in [6.07, 6.45) is 4.29. The van der Waals surface area contributed by atoms with Crippen LogP contribution in [0.3, 0.4) is 0 Å². The predicted molar refractivity (Wildman–Crippen MR) is 52.6 cm³/mol. The first kappa shape index (κ1) is 9.96. The van der Waals surface area contributed by atoms with Crippen molar-refractivity contribution in [1.82, 2.24) is 9.55 Å². The fraction of sp³-hybridized carbons (Fsp3) is 0.600. The van der Waals surface area contributed by atoms with Crippen LogP contribution < -0.4 is 5.69 Å². The first-order valence-corrected chi connectivity index (χ1v) is 4.50. The van der Waals surface area contributed by atoms with E-state index in [1.807, 2.05) is 0 Å². The topological polar surface area (TPSA) is 34.9 Å². The molecule has 3 heteroatoms. The van der Waals surface area contributed by atoms with Crippen molar-refractivity contribution in [3.05, 3.63) is 28.9 Å². The van der Waals surface area contributed by atoms with E-state index in [0.717, 1.165) is 13.0 Å². The zero-order valence-corrected chi connectivity index (χ0v) is 8.45. The van der Waals surface area contributed by atoms with Crippen molar-refractivity contribution in [2.24, 2.45) is 5.41 Å². The van der Waals surface area contributed by atoms with Crippen LogP contribution in [-0.4, -0.2) is 9.55 Å². The van der Waals surface area contributed by atoms with Gasteiger partial charge in [0.05, 0.1) is 0 Å². The molecule has 1 rings (SSSR count). The Kier molecular flexibility index (Phi) is 2.86. The smallest absolute Gasteiger partial charge is 0.299 e. The third-order valence-electron chi connectivity index (χ3n) is 1.89. The van der Waals surface area contributed by atoms with Gasteiger partial charge in [-0.25, -0.2) is 9.78 Å². The highest BCUT2D eigenvalue weighted by molar-refractivity contribution is 4.81. The van der Waals surface area contributed by atoms with Crippen LogP contribution in [0.5, 0.6) is 0 Å². The molecule has 0 unspecified atom stereocenters. The first-order chi connectivity index (χ1) is 5.99. The van der Waals surface area contributed by atoms with Crippen LogP contribution in [0.1, 0.15) is 27.2 Å². The molecule has 0 saturated heterocycles. The van der Waals surface area contributed by atoms with Crippen LogP contribution in [0.15, 0.2) is 23.3 Å². The highest BCUT2D eigenvalue weighted by Crippen LogP contribution is 2.18. The van der Waals surface area contributed by atoms with Gasteiger partial charge in [-0.1, -0.05) is 20.8 Å². The van der Waals surface area contributed by atoms with Crippen LogP contribution in [0.2, 0.25) is 0 Å². The van der Waals surface area contributed by atoms with E-state index >= 15 is 0 Å². The lowest BCUT2D eigenvalue weighted by Gasteiger charge is -2.17. The Morgan fingerprint density at radius 3 is 2.69 bits per heavy atom. The van der Waals surface area contributed by atoms with Gasteiger partial charge in [0.2, 0.25) is 0 Å². The first-order valence-electron chi connectivity index (χ1n) is 4.50. The molecular weight excluding hydrogens is 164 g/mol. The summed E-state index contributed by atoms with van der Waals surface area (Å²) in [6.45, 7) is 7.23. The van der Waals surface area contributed by atoms with Crippen molar-refractivity contribution >= 4 is 0 Å². The minimum atomic E-state index is -0.160. The number of nitrogens with zero attached hydrogens (tertiary/aromatic N) is 2. The fourth-order valence-corrected chi connectivity index (χ4v) is 1.01. The fourth-order valence-electron chi connectivity index (χ4n) is 1.01. The minimum absolute atomic E-state index is 0.160. The van der Waals surface area contributed by atoms with Crippen molar-refractivity contribution in [3.63, 3.8) is 0 Å². The third-order valence-corrected chi connectivity index (χ3v) is 1.89. The van der Waals surface area contributed by atoms with Crippen LogP contribution in [-0.2, 0) is 6.54 Å². The molecular formula is C10H16N2O. The maximum Gasteiger partial charge on any atom is 0.347 e. The number of aromatic nitrogens is 2. The molecule has 0 aromatic carbocycles. The van der Waals surface area contributed by atoms with Crippen LogP contribution >= 0.6 is 0 Å². The number of hydrogen-bond donors (Lipinski definition) is 0. The third kappa shape index (κ3) is 3.40. The zero-order valence-electron chi connectivity index (χ0n) is 8.45. The van der Waals surface area contributed by atoms with Gasteiger partial charge >= 0.3 is 5.69 Å². The normalized spacial score (nSPS) is 11.6. The van der Waals surface area contributed by atoms with Crippen molar-refractivity contribution in [3.8, 4) is 0 Å². The molecule has 13 heavy (non-hydrogen) atoms. The van der Waals surface area contributed by atoms with Crippen molar-refractivity contribution in [2.45, 2.75) is 33.7 Å². The molecule has 0 bridgehead atoms. The summed E-state index contributed by atoms with van der Waals surface area (Å²) in [4.78, 5) is 14.9. The average Bonchev–Trinajstić information content (AvgIpc) is 2.01. The molecule has 0 atom stereocenters. The standard InChI is InChI=1S/C10H16N2O/c1-10(2,3)5-8-12-7-4-6-11-9(12)13/h4,6-7H,5,8H2,1-3H3. The molecule has 0 aliphatic rings. The molecule has 1 heterocycles. The van der Waals surface area contributed by atoms with Crippen LogP contribution in [0, 0.1) is 5.41 Å². The summed E-state index contributed by atoms with van der Waals surface area (Å²) in [5, 5.41) is 0. The largest absolute Gasteiger partial charge is 0.347 e. The lowest BCUT2D eigenvalue weighted by atomic mass is 9.92. The van der Waals surface area contributed by atoms with Gasteiger partial charge < -0.3 is 0 Å². The Labute approximate surface area is 78.4 Å². The summed E-state index contributed by atoms with van der Waals surface area (Å²) in [5.41, 5.74) is 0.0988. The lowest BCUT2D eigenvalue weighted by Crippen LogP contribution is -2.23. The van der Waals surface area contributed by atoms with E-state index < -0.39 is 0 Å². The molecule has 0 aliphatic carbocycles. The molecule has 0 radical (unpaired) electrons. The maximum absolute atomic E-state index is 11.2. The molecule has 0 saturated carbocycles. The average molecular weight is 180 g/mol. The number of aryl methyl sites for hydroxylation is 1. The summed E-state index contributed by atoms with van der Waals surface area (Å²) >= 11 is 0. The Balaban J connectivity index is 2.66. The molecule has 1 aromatic heterocycles. The molecule has 3 nitrogen and oxygen atoms in total.